The first kappa shape index (κ1) is 10.2. The van der Waals surface area contributed by atoms with E-state index in [1.165, 1.54) is 4.90 Å². The molecule has 0 saturated heterocycles. The predicted molar refractivity (Wildman–Crippen MR) is 51.1 cm³/mol. The summed E-state index contributed by atoms with van der Waals surface area (Å²) in [6, 6.07) is 0. The molecule has 74 valence electrons. The van der Waals surface area contributed by atoms with Crippen molar-refractivity contribution in [3.63, 3.8) is 0 Å². The van der Waals surface area contributed by atoms with Gasteiger partial charge in [0.25, 0.3) is 0 Å². The molecule has 0 saturated carbocycles. The second-order valence-electron chi connectivity index (χ2n) is 2.76. The van der Waals surface area contributed by atoms with Gasteiger partial charge in [-0.2, -0.15) is 0 Å². The van der Waals surface area contributed by atoms with Crippen LogP contribution in [0.2, 0.25) is 0 Å². The number of aliphatic carboxylic acids is 1. The van der Waals surface area contributed by atoms with E-state index in [0.29, 0.717) is 0 Å². The number of carboxylic acids is 1. The number of hydrogen-bond acceptors (Lipinski definition) is 2. The zero-order valence-corrected chi connectivity index (χ0v) is 7.59. The molecule has 0 aromatic carbocycles. The van der Waals surface area contributed by atoms with E-state index >= 15 is 0 Å². The van der Waals surface area contributed by atoms with Crippen LogP contribution in [0.25, 0.3) is 0 Å². The molecule has 1 heterocycles. The third-order valence-electron chi connectivity index (χ3n) is 1.67. The minimum atomic E-state index is -0.959. The van der Waals surface area contributed by atoms with Gasteiger partial charge in [-0.05, 0) is 12.2 Å². The number of allylic oxidation sites excluding steroid dienone is 4. The summed E-state index contributed by atoms with van der Waals surface area (Å²) in [6.07, 6.45) is 10.1. The van der Waals surface area contributed by atoms with Crippen molar-refractivity contribution in [2.24, 2.45) is 0 Å². The summed E-state index contributed by atoms with van der Waals surface area (Å²) in [5.41, 5.74) is 0. The lowest BCUT2D eigenvalue weighted by atomic mass is 10.3. The van der Waals surface area contributed by atoms with Crippen LogP contribution in [0, 0.1) is 0 Å². The number of rotatable bonds is 3. The smallest absolute Gasteiger partial charge is 0.303 e. The topological polar surface area (TPSA) is 57.6 Å². The molecule has 0 radical (unpaired) electrons. The van der Waals surface area contributed by atoms with Crippen molar-refractivity contribution in [2.45, 2.75) is 12.8 Å². The summed E-state index contributed by atoms with van der Waals surface area (Å²) in [7, 11) is 0. The largest absolute Gasteiger partial charge is 0.481 e. The molecule has 1 aliphatic heterocycles. The van der Waals surface area contributed by atoms with Gasteiger partial charge < -0.3 is 5.11 Å². The molecule has 1 N–H and O–H groups in total. The number of hydrogen-bond donors (Lipinski definition) is 1. The average Bonchev–Trinajstić information content (AvgIpc) is 2.42. The van der Waals surface area contributed by atoms with E-state index in [0.717, 1.165) is 0 Å². The number of carboxylic acid groups (broad SMARTS) is 1. The lowest BCUT2D eigenvalue weighted by molar-refractivity contribution is -0.139. The van der Waals surface area contributed by atoms with Crippen LogP contribution in [0.5, 0.6) is 0 Å². The van der Waals surface area contributed by atoms with E-state index in [9.17, 15) is 9.59 Å². The van der Waals surface area contributed by atoms with Crippen LogP contribution in [0.4, 0.5) is 0 Å². The summed E-state index contributed by atoms with van der Waals surface area (Å²) in [6.45, 7) is 0. The molecular weight excluding hydrogens is 182 g/mol. The Hall–Kier alpha value is -1.84. The van der Waals surface area contributed by atoms with Crippen LogP contribution in [0.15, 0.2) is 36.7 Å². The molecule has 4 heteroatoms. The summed E-state index contributed by atoms with van der Waals surface area (Å²) in [4.78, 5) is 23.0. The van der Waals surface area contributed by atoms with Crippen molar-refractivity contribution in [3.8, 4) is 0 Å². The number of amides is 1. The fourth-order valence-electron chi connectivity index (χ4n) is 0.972. The molecule has 0 aromatic rings. The van der Waals surface area contributed by atoms with Crippen LogP contribution in [-0.4, -0.2) is 21.9 Å². The Kier molecular flexibility index (Phi) is 3.67. The molecule has 4 nitrogen and oxygen atoms in total. The van der Waals surface area contributed by atoms with E-state index in [1.54, 1.807) is 36.7 Å². The third kappa shape index (κ3) is 3.26. The first-order valence-electron chi connectivity index (χ1n) is 4.25. The quantitative estimate of drug-likeness (QED) is 0.734. The van der Waals surface area contributed by atoms with Gasteiger partial charge >= 0.3 is 5.97 Å². The molecule has 0 bridgehead atoms. The monoisotopic (exact) mass is 193 g/mol. The zero-order valence-electron chi connectivity index (χ0n) is 7.59. The third-order valence-corrected chi connectivity index (χ3v) is 1.67. The highest BCUT2D eigenvalue weighted by atomic mass is 16.4. The van der Waals surface area contributed by atoms with Gasteiger partial charge in [0.2, 0.25) is 5.91 Å². The summed E-state index contributed by atoms with van der Waals surface area (Å²) in [5, 5.41) is 8.40. The Morgan fingerprint density at radius 1 is 1.00 bits per heavy atom. The molecular formula is C10H11NO3. The number of carbonyl (C=O) groups is 2. The molecule has 0 aliphatic carbocycles. The van der Waals surface area contributed by atoms with Crippen molar-refractivity contribution < 1.29 is 14.7 Å². The summed E-state index contributed by atoms with van der Waals surface area (Å²) >= 11 is 0. The minimum Gasteiger partial charge on any atom is -0.481 e. The average molecular weight is 193 g/mol. The van der Waals surface area contributed by atoms with Gasteiger partial charge in [0.1, 0.15) is 0 Å². The fourth-order valence-corrected chi connectivity index (χ4v) is 0.972. The molecule has 0 unspecified atom stereocenters. The molecule has 0 aromatic heterocycles. The van der Waals surface area contributed by atoms with E-state index in [4.69, 9.17) is 5.11 Å². The molecule has 0 fully saturated rings. The first-order chi connectivity index (χ1) is 6.70. The van der Waals surface area contributed by atoms with Crippen LogP contribution >= 0.6 is 0 Å². The first-order valence-corrected chi connectivity index (χ1v) is 4.25. The molecule has 0 spiro atoms. The van der Waals surface area contributed by atoms with Crippen molar-refractivity contribution >= 4 is 11.9 Å². The molecule has 0 atom stereocenters. The Morgan fingerprint density at radius 2 is 1.57 bits per heavy atom. The highest BCUT2D eigenvalue weighted by molar-refractivity contribution is 5.82. The predicted octanol–water partition coefficient (Wildman–Crippen LogP) is 1.28. The second-order valence-corrected chi connectivity index (χ2v) is 2.76. The normalized spacial score (nSPS) is 14.1. The van der Waals surface area contributed by atoms with Crippen LogP contribution in [-0.2, 0) is 9.59 Å². The van der Waals surface area contributed by atoms with Gasteiger partial charge in [0.05, 0.1) is 6.42 Å². The van der Waals surface area contributed by atoms with E-state index < -0.39 is 5.97 Å². The Bertz CT molecular complexity index is 299. The SMILES string of the molecule is O=C(O)CCC(=O)N1C=CC=CC=C1. The van der Waals surface area contributed by atoms with Crippen molar-refractivity contribution in [2.75, 3.05) is 0 Å². The Labute approximate surface area is 81.8 Å². The van der Waals surface area contributed by atoms with Crippen LogP contribution in [0.1, 0.15) is 12.8 Å². The van der Waals surface area contributed by atoms with Gasteiger partial charge in [0.15, 0.2) is 0 Å². The maximum Gasteiger partial charge on any atom is 0.303 e. The molecule has 1 aliphatic rings. The van der Waals surface area contributed by atoms with Gasteiger partial charge in [-0.25, -0.2) is 0 Å². The Morgan fingerprint density at radius 3 is 2.07 bits per heavy atom. The van der Waals surface area contributed by atoms with Gasteiger partial charge in [-0.1, -0.05) is 12.2 Å². The van der Waals surface area contributed by atoms with Crippen LogP contribution < -0.4 is 0 Å². The van der Waals surface area contributed by atoms with Crippen LogP contribution in [0.3, 0.4) is 0 Å². The standard InChI is InChI=1S/C10H11NO3/c12-9(5-6-10(13)14)11-7-3-1-2-4-8-11/h1-4,7-8H,5-6H2,(H,13,14). The maximum absolute atomic E-state index is 11.4. The van der Waals surface area contributed by atoms with E-state index in [2.05, 4.69) is 0 Å². The molecule has 1 amide bonds. The minimum absolute atomic E-state index is 0.0179. The fraction of sp³-hybridized carbons (Fsp3) is 0.200. The Balaban J connectivity index is 2.48. The van der Waals surface area contributed by atoms with Gasteiger partial charge in [-0.15, -0.1) is 0 Å². The van der Waals surface area contributed by atoms with Gasteiger partial charge in [-0.3, -0.25) is 14.5 Å². The lowest BCUT2D eigenvalue weighted by Gasteiger charge is -2.11. The highest BCUT2D eigenvalue weighted by Crippen LogP contribution is 2.03. The number of carbonyl (C=O) groups excluding carboxylic acids is 1. The van der Waals surface area contributed by atoms with Crippen molar-refractivity contribution in [1.82, 2.24) is 4.90 Å². The molecule has 1 rings (SSSR count). The maximum atomic E-state index is 11.4. The summed E-state index contributed by atoms with van der Waals surface area (Å²) in [5.74, 6) is -1.18. The van der Waals surface area contributed by atoms with E-state index in [1.807, 2.05) is 0 Å². The highest BCUT2D eigenvalue weighted by Gasteiger charge is 2.09. The van der Waals surface area contributed by atoms with E-state index in [-0.39, 0.29) is 18.7 Å². The van der Waals surface area contributed by atoms with Crippen molar-refractivity contribution in [1.29, 1.82) is 0 Å². The van der Waals surface area contributed by atoms with Crippen molar-refractivity contribution in [3.05, 3.63) is 36.7 Å². The second kappa shape index (κ2) is 5.01. The summed E-state index contributed by atoms with van der Waals surface area (Å²) < 4.78 is 0. The number of nitrogens with zero attached hydrogens (tertiary/aromatic N) is 1. The molecule has 14 heavy (non-hydrogen) atoms. The van der Waals surface area contributed by atoms with Gasteiger partial charge in [0, 0.05) is 18.8 Å². The lowest BCUT2D eigenvalue weighted by Crippen LogP contribution is -2.20. The zero-order chi connectivity index (χ0) is 10.4.